The zero-order valence-corrected chi connectivity index (χ0v) is 35.0. The van der Waals surface area contributed by atoms with Crippen molar-refractivity contribution in [1.29, 1.82) is 0 Å². The lowest BCUT2D eigenvalue weighted by Crippen LogP contribution is -2.57. The van der Waals surface area contributed by atoms with Crippen molar-refractivity contribution in [2.24, 2.45) is 22.2 Å². The van der Waals surface area contributed by atoms with Gasteiger partial charge < -0.3 is 59.3 Å². The number of nitrogens with one attached hydrogen (secondary N) is 7. The Bertz CT molecular complexity index is 1810. The van der Waals surface area contributed by atoms with E-state index in [0.29, 0.717) is 38.0 Å². The maximum atomic E-state index is 13.9. The normalized spacial score (nSPS) is 14.7. The molecule has 0 radical (unpaired) electrons. The molecule has 7 amide bonds. The lowest BCUT2D eigenvalue weighted by molar-refractivity contribution is -0.142. The average Bonchev–Trinajstić information content (AvgIpc) is 3.70. The van der Waals surface area contributed by atoms with Gasteiger partial charge in [-0.15, -0.1) is 0 Å². The number of rotatable bonds is 27. The molecule has 0 aliphatic carbocycles. The largest absolute Gasteiger partial charge is 0.387 e. The molecule has 334 valence electrons. The van der Waals surface area contributed by atoms with Gasteiger partial charge in [0.2, 0.25) is 41.4 Å². The van der Waals surface area contributed by atoms with Crippen LogP contribution in [0.15, 0.2) is 58.9 Å². The summed E-state index contributed by atoms with van der Waals surface area (Å²) in [5.41, 5.74) is 18.2. The highest BCUT2D eigenvalue weighted by Crippen LogP contribution is 2.20. The second kappa shape index (κ2) is 27.1. The van der Waals surface area contributed by atoms with Crippen LogP contribution in [-0.4, -0.2) is 128 Å². The second-order valence-corrected chi connectivity index (χ2v) is 14.3. The summed E-state index contributed by atoms with van der Waals surface area (Å²) in [5, 5.41) is 18.4. The first kappa shape index (κ1) is 50.3. The van der Waals surface area contributed by atoms with Gasteiger partial charge in [-0.3, -0.25) is 48.1 Å². The third kappa shape index (κ3) is 21.2. The van der Waals surface area contributed by atoms with Crippen molar-refractivity contribution >= 4 is 58.9 Å². The second-order valence-electron chi connectivity index (χ2n) is 14.3. The molecule has 21 heteroatoms. The number of guanidine groups is 1. The zero-order chi connectivity index (χ0) is 45.3. The summed E-state index contributed by atoms with van der Waals surface area (Å²) < 4.78 is 0. The van der Waals surface area contributed by atoms with Gasteiger partial charge in [-0.05, 0) is 64.2 Å². The van der Waals surface area contributed by atoms with E-state index in [0.717, 1.165) is 11.3 Å². The van der Waals surface area contributed by atoms with E-state index < -0.39 is 79.1 Å². The van der Waals surface area contributed by atoms with Crippen LogP contribution in [0.25, 0.3) is 0 Å². The van der Waals surface area contributed by atoms with Crippen LogP contribution in [0.5, 0.6) is 0 Å². The van der Waals surface area contributed by atoms with E-state index >= 15 is 0 Å². The van der Waals surface area contributed by atoms with Crippen molar-refractivity contribution < 1.29 is 43.2 Å². The Morgan fingerprint density at radius 2 is 1.33 bits per heavy atom. The molecular formula is C40H60N12O9. The molecular weight excluding hydrogens is 793 g/mol. The SMILES string of the molecule is CC(=O)C=C(C)NCCNC(C)=CC(=O)CCC(=O)NCC(=O)NCC(=O)NCC(=O)N[C@@H](Cc1ccccc1)C(=O)N1CCC[C@H]1C(=O)N[C@@H](CCCN=C(N)N)C(N)=O. The van der Waals surface area contributed by atoms with E-state index in [9.17, 15) is 43.2 Å². The van der Waals surface area contributed by atoms with Gasteiger partial charge in [0.25, 0.3) is 0 Å². The van der Waals surface area contributed by atoms with Crippen LogP contribution in [0, 0.1) is 0 Å². The summed E-state index contributed by atoms with van der Waals surface area (Å²) in [7, 11) is 0. The van der Waals surface area contributed by atoms with Crippen molar-refractivity contribution in [3.63, 3.8) is 0 Å². The first-order valence-electron chi connectivity index (χ1n) is 19.9. The number of carbonyl (C=O) groups is 9. The number of hydrogen-bond acceptors (Lipinski definition) is 12. The van der Waals surface area contributed by atoms with Gasteiger partial charge in [-0.2, -0.15) is 0 Å². The Morgan fingerprint density at radius 1 is 0.738 bits per heavy atom. The van der Waals surface area contributed by atoms with E-state index in [1.165, 1.54) is 24.0 Å². The van der Waals surface area contributed by atoms with Crippen LogP contribution >= 0.6 is 0 Å². The topological polar surface area (TPSA) is 331 Å². The molecule has 1 fully saturated rings. The summed E-state index contributed by atoms with van der Waals surface area (Å²) in [5.74, 6) is -5.02. The summed E-state index contributed by atoms with van der Waals surface area (Å²) in [4.78, 5) is 118. The minimum absolute atomic E-state index is 0.0673. The van der Waals surface area contributed by atoms with E-state index in [1.54, 1.807) is 44.2 Å². The maximum Gasteiger partial charge on any atom is 0.246 e. The van der Waals surface area contributed by atoms with Crippen molar-refractivity contribution in [3.05, 3.63) is 59.4 Å². The molecule has 1 aromatic rings. The van der Waals surface area contributed by atoms with E-state index in [-0.39, 0.29) is 56.3 Å². The van der Waals surface area contributed by atoms with Crippen LogP contribution in [0.1, 0.15) is 64.9 Å². The summed E-state index contributed by atoms with van der Waals surface area (Å²) in [6.45, 7) is 4.87. The van der Waals surface area contributed by atoms with Crippen LogP contribution in [0.2, 0.25) is 0 Å². The van der Waals surface area contributed by atoms with Crippen LogP contribution in [0.3, 0.4) is 0 Å². The molecule has 0 saturated carbocycles. The quantitative estimate of drug-likeness (QED) is 0.0183. The van der Waals surface area contributed by atoms with Gasteiger partial charge in [-0.25, -0.2) is 0 Å². The number of nitrogens with two attached hydrogens (primary N) is 3. The highest BCUT2D eigenvalue weighted by atomic mass is 16.2. The number of allylic oxidation sites excluding steroid dienone is 4. The Kier molecular flexibility index (Phi) is 22.3. The number of primary amides is 1. The van der Waals surface area contributed by atoms with Gasteiger partial charge in [0, 0.05) is 56.8 Å². The smallest absolute Gasteiger partial charge is 0.246 e. The molecule has 1 aliphatic rings. The number of nitrogens with zero attached hydrogens (tertiary/aromatic N) is 2. The molecule has 1 aliphatic heterocycles. The summed E-state index contributed by atoms with van der Waals surface area (Å²) in [6, 6.07) is 5.79. The number of likely N-dealkylation sites (tertiary alicyclic amines) is 1. The van der Waals surface area contributed by atoms with Gasteiger partial charge in [0.05, 0.1) is 19.6 Å². The highest BCUT2D eigenvalue weighted by Gasteiger charge is 2.38. The molecule has 1 aromatic carbocycles. The predicted octanol–water partition coefficient (Wildman–Crippen LogP) is -3.00. The third-order valence-electron chi connectivity index (χ3n) is 9.03. The number of hydrogen-bond donors (Lipinski definition) is 10. The van der Waals surface area contributed by atoms with Gasteiger partial charge in [0.1, 0.15) is 18.1 Å². The molecule has 0 aromatic heterocycles. The third-order valence-corrected chi connectivity index (χ3v) is 9.03. The van der Waals surface area contributed by atoms with E-state index in [1.807, 2.05) is 0 Å². The first-order chi connectivity index (χ1) is 28.9. The Labute approximate surface area is 354 Å². The van der Waals surface area contributed by atoms with Crippen LogP contribution < -0.4 is 54.4 Å². The van der Waals surface area contributed by atoms with Crippen molar-refractivity contribution in [2.75, 3.05) is 45.8 Å². The Balaban J connectivity index is 1.83. The lowest BCUT2D eigenvalue weighted by atomic mass is 10.0. The van der Waals surface area contributed by atoms with Gasteiger partial charge in [-0.1, -0.05) is 30.3 Å². The van der Waals surface area contributed by atoms with E-state index in [2.05, 4.69) is 42.2 Å². The molecule has 0 spiro atoms. The number of benzene rings is 1. The molecule has 13 N–H and O–H groups in total. The lowest BCUT2D eigenvalue weighted by Gasteiger charge is -2.29. The van der Waals surface area contributed by atoms with Crippen LogP contribution in [0.4, 0.5) is 0 Å². The van der Waals surface area contributed by atoms with Crippen molar-refractivity contribution in [3.8, 4) is 0 Å². The number of aliphatic imine (C=N–C) groups is 1. The number of carbonyl (C=O) groups excluding carboxylic acids is 9. The summed E-state index contributed by atoms with van der Waals surface area (Å²) >= 11 is 0. The Morgan fingerprint density at radius 3 is 1.92 bits per heavy atom. The fourth-order valence-corrected chi connectivity index (χ4v) is 6.08. The molecule has 2 rings (SSSR count). The fraction of sp³-hybridized carbons (Fsp3) is 0.500. The summed E-state index contributed by atoms with van der Waals surface area (Å²) in [6.07, 6.45) is 3.99. The van der Waals surface area contributed by atoms with Gasteiger partial charge in [0.15, 0.2) is 17.5 Å². The average molecular weight is 853 g/mol. The first-order valence-corrected chi connectivity index (χ1v) is 19.9. The minimum atomic E-state index is -1.12. The molecule has 1 heterocycles. The van der Waals surface area contributed by atoms with Crippen LogP contribution in [-0.2, 0) is 49.6 Å². The number of ketones is 2. The molecule has 0 bridgehead atoms. The van der Waals surface area contributed by atoms with Crippen molar-refractivity contribution in [2.45, 2.75) is 83.8 Å². The molecule has 1 saturated heterocycles. The molecule has 0 unspecified atom stereocenters. The van der Waals surface area contributed by atoms with E-state index in [4.69, 9.17) is 17.2 Å². The minimum Gasteiger partial charge on any atom is -0.387 e. The fourth-order valence-electron chi connectivity index (χ4n) is 6.08. The monoisotopic (exact) mass is 852 g/mol. The highest BCUT2D eigenvalue weighted by molar-refractivity contribution is 5.96. The molecule has 61 heavy (non-hydrogen) atoms. The standard InChI is InChI=1S/C40H60N12O9/c1-25(19-27(3)53)44-16-17-45-26(2)20-29(54)13-14-33(55)47-22-34(56)48-23-35(57)49-24-36(58)50-31(21-28-9-5-4-6-10-28)39(61)52-18-8-12-32(52)38(60)51-30(37(41)59)11-7-15-46-40(42)43/h4-6,9-10,19-20,30-32,44-45H,7-8,11-18,21-24H2,1-3H3,(H2,41,59)(H,47,55)(H,48,56)(H,49,57)(H,50,58)(H,51,60)(H4,42,43,46)/t30-,31-,32-/m0/s1. The van der Waals surface area contributed by atoms with Crippen molar-refractivity contribution in [1.82, 2.24) is 42.1 Å². The predicted molar refractivity (Wildman–Crippen MR) is 225 cm³/mol. The van der Waals surface area contributed by atoms with Gasteiger partial charge >= 0.3 is 0 Å². The number of amides is 7. The zero-order valence-electron chi connectivity index (χ0n) is 35.0. The Hall–Kier alpha value is -6.80. The molecule has 21 nitrogen and oxygen atoms in total. The molecule has 3 atom stereocenters. The maximum absolute atomic E-state index is 13.9.